The molecule has 10 aromatic carbocycles. The largest absolute Gasteiger partial charge is 0.355 e. The van der Waals surface area contributed by atoms with Gasteiger partial charge in [0.05, 0.1) is 0 Å². The Balaban J connectivity index is 0.857. The van der Waals surface area contributed by atoms with Crippen LogP contribution in [0.2, 0.25) is 0 Å². The number of aryl methyl sites for hydroxylation is 4. The van der Waals surface area contributed by atoms with Gasteiger partial charge in [-0.25, -0.2) is 0 Å². The molecule has 0 saturated heterocycles. The van der Waals surface area contributed by atoms with E-state index in [0.717, 1.165) is 79.3 Å². The third kappa shape index (κ3) is 9.93. The zero-order valence-corrected chi connectivity index (χ0v) is 45.7. The molecule has 1 atom stereocenters. The van der Waals surface area contributed by atoms with Gasteiger partial charge in [0.1, 0.15) is 0 Å². The lowest BCUT2D eigenvalue weighted by Crippen LogP contribution is -2.11. The Kier molecular flexibility index (Phi) is 14.1. The van der Waals surface area contributed by atoms with E-state index in [1.54, 1.807) is 0 Å². The van der Waals surface area contributed by atoms with Crippen LogP contribution in [0.15, 0.2) is 224 Å². The maximum Gasteiger partial charge on any atom is 0.0499 e. The van der Waals surface area contributed by atoms with Crippen LogP contribution in [0, 0.1) is 13.8 Å². The van der Waals surface area contributed by atoms with Crippen molar-refractivity contribution in [2.45, 2.75) is 78.8 Å². The van der Waals surface area contributed by atoms with Gasteiger partial charge in [-0.1, -0.05) is 171 Å². The first-order chi connectivity index (χ1) is 38.3. The fraction of sp³-hybridized carbons (Fsp3) is 0.178. The molecule has 0 saturated carbocycles. The van der Waals surface area contributed by atoms with Crippen LogP contribution in [0.5, 0.6) is 0 Å². The van der Waals surface area contributed by atoms with Gasteiger partial charge in [-0.3, -0.25) is 0 Å². The summed E-state index contributed by atoms with van der Waals surface area (Å²) >= 11 is 0. The molecule has 0 fully saturated rings. The van der Waals surface area contributed by atoms with Crippen LogP contribution in [-0.4, -0.2) is 16.2 Å². The minimum absolute atomic E-state index is 0.0239. The van der Waals surface area contributed by atoms with E-state index in [0.29, 0.717) is 0 Å². The molecular weight excluding hydrogens is 947 g/mol. The highest BCUT2D eigenvalue weighted by atomic mass is 15.1. The monoisotopic (exact) mass is 1020 g/mol. The second-order valence-electron chi connectivity index (χ2n) is 21.4. The van der Waals surface area contributed by atoms with Crippen LogP contribution < -0.4 is 15.5 Å². The Bertz CT molecular complexity index is 4050. The number of para-hydroxylation sites is 4. The number of aromatic nitrogens is 2. The van der Waals surface area contributed by atoms with Crippen molar-refractivity contribution >= 4 is 77.7 Å². The first-order valence-corrected chi connectivity index (χ1v) is 28.1. The Morgan fingerprint density at radius 1 is 0.449 bits per heavy atom. The summed E-state index contributed by atoms with van der Waals surface area (Å²) in [6.07, 6.45) is 5.41. The highest BCUT2D eigenvalue weighted by Crippen LogP contribution is 2.42. The smallest absolute Gasteiger partial charge is 0.0499 e. The third-order valence-corrected chi connectivity index (χ3v) is 16.1. The second kappa shape index (κ2) is 22.0. The Hall–Kier alpha value is -8.80. The molecule has 12 rings (SSSR count). The molecular formula is C73H69N5. The van der Waals surface area contributed by atoms with Crippen LogP contribution >= 0.6 is 0 Å². The number of rotatable bonds is 18. The molecule has 5 nitrogen and oxygen atoms in total. The zero-order chi connectivity index (χ0) is 53.1. The molecule has 0 amide bonds. The molecule has 0 aliphatic carbocycles. The fourth-order valence-electron chi connectivity index (χ4n) is 11.8. The average molecular weight is 1020 g/mol. The lowest BCUT2D eigenvalue weighted by Gasteiger charge is -2.25. The molecule has 78 heavy (non-hydrogen) atoms. The Morgan fingerprint density at radius 2 is 0.974 bits per heavy atom. The van der Waals surface area contributed by atoms with Crippen molar-refractivity contribution in [3.05, 3.63) is 263 Å². The molecule has 12 aromatic rings. The van der Waals surface area contributed by atoms with Gasteiger partial charge in [0.15, 0.2) is 0 Å². The molecule has 2 aromatic heterocycles. The highest BCUT2D eigenvalue weighted by Gasteiger charge is 2.23. The second-order valence-corrected chi connectivity index (χ2v) is 21.4. The number of nitrogens with zero attached hydrogens (tertiary/aromatic N) is 3. The molecule has 1 unspecified atom stereocenters. The zero-order valence-electron chi connectivity index (χ0n) is 45.7. The lowest BCUT2D eigenvalue weighted by atomic mass is 9.83. The Morgan fingerprint density at radius 3 is 1.60 bits per heavy atom. The van der Waals surface area contributed by atoms with Crippen molar-refractivity contribution < 1.29 is 0 Å². The van der Waals surface area contributed by atoms with E-state index in [-0.39, 0.29) is 5.92 Å². The summed E-state index contributed by atoms with van der Waals surface area (Å²) in [7, 11) is 2.18. The minimum atomic E-state index is -0.0239. The quantitative estimate of drug-likeness (QED) is 0.0841. The van der Waals surface area contributed by atoms with E-state index in [2.05, 4.69) is 284 Å². The summed E-state index contributed by atoms with van der Waals surface area (Å²) in [6, 6.07) is 83.5. The van der Waals surface area contributed by atoms with Gasteiger partial charge in [0.2, 0.25) is 0 Å². The van der Waals surface area contributed by atoms with Crippen molar-refractivity contribution in [2.75, 3.05) is 22.6 Å². The number of benzene rings is 10. The van der Waals surface area contributed by atoms with Gasteiger partial charge in [-0.2, -0.15) is 0 Å². The number of anilines is 6. The molecule has 0 aliphatic heterocycles. The molecule has 2 heterocycles. The first kappa shape index (κ1) is 50.0. The van der Waals surface area contributed by atoms with Crippen molar-refractivity contribution in [1.82, 2.24) is 9.13 Å². The topological polar surface area (TPSA) is 37.2 Å². The molecule has 0 aliphatic rings. The predicted octanol–water partition coefficient (Wildman–Crippen LogP) is 19.8. The van der Waals surface area contributed by atoms with Gasteiger partial charge >= 0.3 is 0 Å². The normalized spacial score (nSPS) is 12.0. The number of hydrogen-bond donors (Lipinski definition) is 2. The van der Waals surface area contributed by atoms with E-state index in [1.807, 2.05) is 0 Å². The molecule has 386 valence electrons. The van der Waals surface area contributed by atoms with Gasteiger partial charge in [-0.15, -0.1) is 0 Å². The van der Waals surface area contributed by atoms with Crippen molar-refractivity contribution in [2.24, 2.45) is 0 Å². The average Bonchev–Trinajstić information content (AvgIpc) is 4.01. The number of hydrogen-bond acceptors (Lipinski definition) is 3. The van der Waals surface area contributed by atoms with E-state index < -0.39 is 0 Å². The number of fused-ring (bicyclic) bond motifs is 6. The lowest BCUT2D eigenvalue weighted by molar-refractivity contribution is 0.665. The SMILES string of the molecule is CCCCn1c2ccccc2c2cc(-c3cccc(Cc4ccc(N(C)c5ccc(C(c6ccc7c(c6)c6ccccc6n7CCCC)c6ccccc6Nc6ccc(C)cc6)cc5)cc4)c3Nc3ccc(C)cc3)ccc21. The van der Waals surface area contributed by atoms with Crippen molar-refractivity contribution in [3.63, 3.8) is 0 Å². The molecule has 0 bridgehead atoms. The fourth-order valence-corrected chi connectivity index (χ4v) is 11.8. The van der Waals surface area contributed by atoms with Crippen molar-refractivity contribution in [3.8, 4) is 11.1 Å². The molecule has 2 N–H and O–H groups in total. The maximum atomic E-state index is 3.91. The van der Waals surface area contributed by atoms with E-state index in [1.165, 1.54) is 93.7 Å². The summed E-state index contributed by atoms with van der Waals surface area (Å²) in [4.78, 5) is 2.30. The molecule has 0 spiro atoms. The van der Waals surface area contributed by atoms with Crippen LogP contribution in [0.3, 0.4) is 0 Å². The molecule has 5 heteroatoms. The predicted molar refractivity (Wildman–Crippen MR) is 334 cm³/mol. The van der Waals surface area contributed by atoms with E-state index in [4.69, 9.17) is 0 Å². The van der Waals surface area contributed by atoms with E-state index >= 15 is 0 Å². The van der Waals surface area contributed by atoms with Crippen LogP contribution in [0.4, 0.5) is 34.1 Å². The van der Waals surface area contributed by atoms with Gasteiger partial charge in [0.25, 0.3) is 0 Å². The highest BCUT2D eigenvalue weighted by molar-refractivity contribution is 6.10. The standard InChI is InChI=1S/C73H69N5/c1-6-8-45-77-68-23-14-11-18-62(68)65-48-54(33-43-70(65)77)61-21-16-17-56(73(61)75-58-37-27-51(4)28-38-58)47-52-29-39-59(40-30-52)76(5)60-41-31-53(32-42-60)72(64-20-10-13-22-67(64)74-57-35-25-50(3)26-36-57)55-34-44-71-66(49-55)63-19-12-15-24-69(63)78(71)46-9-7-2/h10-44,48-49,72,74-75H,6-9,45-47H2,1-5H3. The minimum Gasteiger partial charge on any atom is -0.355 e. The maximum absolute atomic E-state index is 3.91. The summed E-state index contributed by atoms with van der Waals surface area (Å²) < 4.78 is 5.03. The van der Waals surface area contributed by atoms with Crippen molar-refractivity contribution in [1.29, 1.82) is 0 Å². The van der Waals surface area contributed by atoms with Gasteiger partial charge < -0.3 is 24.7 Å². The summed E-state index contributed by atoms with van der Waals surface area (Å²) in [5.41, 5.74) is 23.0. The third-order valence-electron chi connectivity index (χ3n) is 16.1. The van der Waals surface area contributed by atoms with Crippen LogP contribution in [0.25, 0.3) is 54.7 Å². The van der Waals surface area contributed by atoms with Crippen LogP contribution in [-0.2, 0) is 19.5 Å². The number of nitrogens with one attached hydrogen (secondary N) is 2. The summed E-state index contributed by atoms with van der Waals surface area (Å²) in [6.45, 7) is 10.9. The summed E-state index contributed by atoms with van der Waals surface area (Å²) in [5.74, 6) is -0.0239. The first-order valence-electron chi connectivity index (χ1n) is 28.1. The van der Waals surface area contributed by atoms with Crippen LogP contribution in [0.1, 0.15) is 84.4 Å². The van der Waals surface area contributed by atoms with Gasteiger partial charge in [-0.05, 0) is 157 Å². The van der Waals surface area contributed by atoms with E-state index in [9.17, 15) is 0 Å². The Labute approximate surface area is 460 Å². The van der Waals surface area contributed by atoms with Gasteiger partial charge in [0, 0.05) is 109 Å². The number of unbranched alkanes of at least 4 members (excludes halogenated alkanes) is 2. The molecule has 0 radical (unpaired) electrons. The summed E-state index contributed by atoms with van der Waals surface area (Å²) in [5, 5.41) is 12.9.